The number of hydrogen-bond acceptors (Lipinski definition) is 4. The summed E-state index contributed by atoms with van der Waals surface area (Å²) in [6.45, 7) is 1.53. The highest BCUT2D eigenvalue weighted by Gasteiger charge is 2.49. The van der Waals surface area contributed by atoms with Gasteiger partial charge in [0.1, 0.15) is 16.9 Å². The van der Waals surface area contributed by atoms with Gasteiger partial charge >= 0.3 is 11.7 Å². The summed E-state index contributed by atoms with van der Waals surface area (Å²) < 4.78 is 18.7. The first kappa shape index (κ1) is 18.5. The number of carbonyl (C=O) groups is 2. The molecule has 2 heterocycles. The maximum atomic E-state index is 13.3. The SMILES string of the molecule is CC1(c2ccc(F)cc2)NC(=O)N(Cc2cc(=O)oc3cc4c(cc23)CCC4)C1=O. The summed E-state index contributed by atoms with van der Waals surface area (Å²) in [5, 5.41) is 3.43. The van der Waals surface area contributed by atoms with E-state index in [2.05, 4.69) is 5.32 Å². The van der Waals surface area contributed by atoms with Crippen LogP contribution in [-0.4, -0.2) is 16.8 Å². The second-order valence-corrected chi connectivity index (χ2v) is 8.01. The number of hydrogen-bond donors (Lipinski definition) is 1. The standard InChI is InChI=1S/C23H19FN2O4/c1-23(16-5-7-17(24)8-6-16)21(28)26(22(29)25-23)12-15-11-20(27)30-19-10-14-4-2-3-13(14)9-18(15)19/h5-11H,2-4,12H2,1H3,(H,25,29). The zero-order valence-electron chi connectivity index (χ0n) is 16.3. The van der Waals surface area contributed by atoms with Gasteiger partial charge in [-0.3, -0.25) is 9.69 Å². The predicted octanol–water partition coefficient (Wildman–Crippen LogP) is 3.39. The average Bonchev–Trinajstić information content (AvgIpc) is 3.25. The van der Waals surface area contributed by atoms with Crippen molar-refractivity contribution in [2.24, 2.45) is 0 Å². The number of aryl methyl sites for hydroxylation is 2. The normalized spacial score (nSPS) is 20.7. The molecule has 5 rings (SSSR count). The van der Waals surface area contributed by atoms with E-state index >= 15 is 0 Å². The Labute approximate surface area is 171 Å². The lowest BCUT2D eigenvalue weighted by Crippen LogP contribution is -2.40. The van der Waals surface area contributed by atoms with Crippen LogP contribution in [0.15, 0.2) is 51.7 Å². The summed E-state index contributed by atoms with van der Waals surface area (Å²) in [6.07, 6.45) is 2.95. The molecule has 2 aliphatic rings. The smallest absolute Gasteiger partial charge is 0.336 e. The molecule has 0 radical (unpaired) electrons. The number of fused-ring (bicyclic) bond motifs is 2. The number of amides is 3. The van der Waals surface area contributed by atoms with Crippen molar-refractivity contribution in [2.45, 2.75) is 38.3 Å². The number of imide groups is 1. The van der Waals surface area contributed by atoms with Crippen LogP contribution in [0, 0.1) is 5.82 Å². The first-order valence-corrected chi connectivity index (χ1v) is 9.84. The van der Waals surface area contributed by atoms with E-state index in [4.69, 9.17) is 4.42 Å². The molecule has 1 aliphatic heterocycles. The Morgan fingerprint density at radius 3 is 2.50 bits per heavy atom. The van der Waals surface area contributed by atoms with Crippen molar-refractivity contribution in [3.8, 4) is 0 Å². The third-order valence-electron chi connectivity index (χ3n) is 6.07. The van der Waals surface area contributed by atoms with Crippen molar-refractivity contribution in [3.63, 3.8) is 0 Å². The molecule has 30 heavy (non-hydrogen) atoms. The maximum Gasteiger partial charge on any atom is 0.336 e. The van der Waals surface area contributed by atoms with Gasteiger partial charge in [-0.15, -0.1) is 0 Å². The van der Waals surface area contributed by atoms with E-state index < -0.39 is 28.9 Å². The van der Waals surface area contributed by atoms with Crippen LogP contribution in [0.5, 0.6) is 0 Å². The van der Waals surface area contributed by atoms with Gasteiger partial charge in [-0.25, -0.2) is 14.0 Å². The minimum Gasteiger partial charge on any atom is -0.423 e. The molecule has 2 aromatic carbocycles. The van der Waals surface area contributed by atoms with Gasteiger partial charge in [-0.05, 0) is 72.7 Å². The lowest BCUT2D eigenvalue weighted by atomic mass is 9.92. The van der Waals surface area contributed by atoms with Gasteiger partial charge in [0.25, 0.3) is 5.91 Å². The second kappa shape index (κ2) is 6.52. The molecule has 1 unspecified atom stereocenters. The van der Waals surface area contributed by atoms with Crippen LogP contribution in [0.1, 0.15) is 35.6 Å². The lowest BCUT2D eigenvalue weighted by Gasteiger charge is -2.22. The average molecular weight is 406 g/mol. The third-order valence-corrected chi connectivity index (χ3v) is 6.07. The Kier molecular flexibility index (Phi) is 4.03. The van der Waals surface area contributed by atoms with E-state index in [1.807, 2.05) is 12.1 Å². The summed E-state index contributed by atoms with van der Waals surface area (Å²) in [5.74, 6) is -0.882. The fourth-order valence-corrected chi connectivity index (χ4v) is 4.42. The van der Waals surface area contributed by atoms with Gasteiger partial charge < -0.3 is 9.73 Å². The molecule has 1 aliphatic carbocycles. The largest absolute Gasteiger partial charge is 0.423 e. The quantitative estimate of drug-likeness (QED) is 0.534. The molecule has 0 bridgehead atoms. The highest BCUT2D eigenvalue weighted by molar-refractivity contribution is 6.07. The summed E-state index contributed by atoms with van der Waals surface area (Å²) >= 11 is 0. The third kappa shape index (κ3) is 2.81. The lowest BCUT2D eigenvalue weighted by molar-refractivity contribution is -0.131. The summed E-state index contributed by atoms with van der Waals surface area (Å²) in [4.78, 5) is 39.1. The highest BCUT2D eigenvalue weighted by Crippen LogP contribution is 2.32. The van der Waals surface area contributed by atoms with Crippen LogP contribution in [0.25, 0.3) is 11.0 Å². The van der Waals surface area contributed by atoms with E-state index in [9.17, 15) is 18.8 Å². The topological polar surface area (TPSA) is 79.6 Å². The number of carbonyl (C=O) groups excluding carboxylic acids is 2. The van der Waals surface area contributed by atoms with Crippen molar-refractivity contribution >= 4 is 22.9 Å². The zero-order chi connectivity index (χ0) is 21.0. The number of halogens is 1. The van der Waals surface area contributed by atoms with Crippen molar-refractivity contribution in [3.05, 3.63) is 81.0 Å². The minimum absolute atomic E-state index is 0.0532. The van der Waals surface area contributed by atoms with Crippen LogP contribution in [-0.2, 0) is 29.7 Å². The number of rotatable bonds is 3. The van der Waals surface area contributed by atoms with Gasteiger partial charge in [-0.2, -0.15) is 0 Å². The molecule has 1 aromatic heterocycles. The monoisotopic (exact) mass is 406 g/mol. The molecule has 1 atom stereocenters. The molecule has 1 N–H and O–H groups in total. The van der Waals surface area contributed by atoms with Gasteiger partial charge in [0, 0.05) is 11.5 Å². The number of urea groups is 1. The minimum atomic E-state index is -1.30. The fraction of sp³-hybridized carbons (Fsp3) is 0.261. The highest BCUT2D eigenvalue weighted by atomic mass is 19.1. The first-order chi connectivity index (χ1) is 14.3. The molecule has 1 fully saturated rings. The van der Waals surface area contributed by atoms with E-state index in [1.54, 1.807) is 6.92 Å². The summed E-state index contributed by atoms with van der Waals surface area (Å²) in [5.41, 5.74) is 2.05. The van der Waals surface area contributed by atoms with Crippen LogP contribution in [0.3, 0.4) is 0 Å². The van der Waals surface area contributed by atoms with Gasteiger partial charge in [0.05, 0.1) is 6.54 Å². The van der Waals surface area contributed by atoms with Crippen LogP contribution < -0.4 is 10.9 Å². The Morgan fingerprint density at radius 1 is 1.07 bits per heavy atom. The van der Waals surface area contributed by atoms with Gasteiger partial charge in [-0.1, -0.05) is 12.1 Å². The predicted molar refractivity (Wildman–Crippen MR) is 107 cm³/mol. The molecule has 0 spiro atoms. The number of nitrogens with one attached hydrogen (secondary N) is 1. The van der Waals surface area contributed by atoms with Gasteiger partial charge in [0.2, 0.25) is 0 Å². The molecule has 3 amide bonds. The Morgan fingerprint density at radius 2 is 1.77 bits per heavy atom. The molecule has 1 saturated heterocycles. The molecule has 3 aromatic rings. The molecule has 152 valence electrons. The van der Waals surface area contributed by atoms with Crippen molar-refractivity contribution in [1.82, 2.24) is 10.2 Å². The molecule has 7 heteroatoms. The Balaban J connectivity index is 1.54. The van der Waals surface area contributed by atoms with Crippen molar-refractivity contribution in [2.75, 3.05) is 0 Å². The number of nitrogens with zero attached hydrogens (tertiary/aromatic N) is 1. The maximum absolute atomic E-state index is 13.3. The van der Waals surface area contributed by atoms with Crippen molar-refractivity contribution < 1.29 is 18.4 Å². The van der Waals surface area contributed by atoms with Gasteiger partial charge in [0.15, 0.2) is 0 Å². The summed E-state index contributed by atoms with van der Waals surface area (Å²) in [7, 11) is 0. The van der Waals surface area contributed by atoms with E-state index in [1.165, 1.54) is 41.5 Å². The van der Waals surface area contributed by atoms with Crippen LogP contribution in [0.4, 0.5) is 9.18 Å². The molecule has 0 saturated carbocycles. The first-order valence-electron chi connectivity index (χ1n) is 9.84. The second-order valence-electron chi connectivity index (χ2n) is 8.01. The molecular weight excluding hydrogens is 387 g/mol. The zero-order valence-corrected chi connectivity index (χ0v) is 16.3. The number of benzene rings is 2. The van der Waals surface area contributed by atoms with Crippen LogP contribution in [0.2, 0.25) is 0 Å². The Bertz CT molecular complexity index is 1260. The van der Waals surface area contributed by atoms with Crippen LogP contribution >= 0.6 is 0 Å². The van der Waals surface area contributed by atoms with E-state index in [0.29, 0.717) is 16.7 Å². The van der Waals surface area contributed by atoms with Crippen molar-refractivity contribution in [1.29, 1.82) is 0 Å². The Hall–Kier alpha value is -3.48. The van der Waals surface area contributed by atoms with E-state index in [0.717, 1.165) is 29.5 Å². The molecular formula is C23H19FN2O4. The molecule has 6 nitrogen and oxygen atoms in total. The fourth-order valence-electron chi connectivity index (χ4n) is 4.42. The summed E-state index contributed by atoms with van der Waals surface area (Å²) in [6, 6.07) is 10.1. The van der Waals surface area contributed by atoms with E-state index in [-0.39, 0.29) is 6.54 Å².